The van der Waals surface area contributed by atoms with Crippen molar-refractivity contribution in [3.05, 3.63) is 47.0 Å². The molecule has 0 spiro atoms. The Morgan fingerprint density at radius 1 is 1.25 bits per heavy atom. The van der Waals surface area contributed by atoms with Gasteiger partial charge >= 0.3 is 5.97 Å². The Hall–Kier alpha value is -2.25. The number of hydrogen-bond donors (Lipinski definition) is 1. The summed E-state index contributed by atoms with van der Waals surface area (Å²) in [6, 6.07) is 6.72. The van der Waals surface area contributed by atoms with Crippen LogP contribution in [-0.4, -0.2) is 62.9 Å². The average Bonchev–Trinajstić information content (AvgIpc) is 2.95. The number of nitrogens with zero attached hydrogens (tertiary/aromatic N) is 4. The van der Waals surface area contributed by atoms with Crippen LogP contribution in [0.3, 0.4) is 0 Å². The molecule has 0 unspecified atom stereocenters. The van der Waals surface area contributed by atoms with E-state index < -0.39 is 5.97 Å². The van der Waals surface area contributed by atoms with Crippen LogP contribution in [0.1, 0.15) is 36.7 Å². The Morgan fingerprint density at radius 2 is 1.89 bits per heavy atom. The molecule has 7 heteroatoms. The highest BCUT2D eigenvalue weighted by atomic mass is 19.1. The maximum atomic E-state index is 13.2. The van der Waals surface area contributed by atoms with Crippen molar-refractivity contribution >= 4 is 5.97 Å². The number of hydrogen-bond acceptors (Lipinski definition) is 4. The highest BCUT2D eigenvalue weighted by Gasteiger charge is 2.26. The number of aromatic nitrogens is 2. The van der Waals surface area contributed by atoms with Gasteiger partial charge in [-0.2, -0.15) is 5.10 Å². The maximum absolute atomic E-state index is 13.2. The standard InChI is InChI=1S/C21H29FN4O2/c1-4-25(14-21(27)28)18-9-11-24(12-10-18)13-20-15(2)23-26(16(20)3)19-7-5-17(22)6-8-19/h5-8,18H,4,9-14H2,1-3H3,(H,27,28). The van der Waals surface area contributed by atoms with Crippen LogP contribution >= 0.6 is 0 Å². The zero-order valence-corrected chi connectivity index (χ0v) is 16.9. The van der Waals surface area contributed by atoms with Gasteiger partial charge in [0, 0.05) is 23.8 Å². The Bertz CT molecular complexity index is 811. The molecule has 1 aliphatic heterocycles. The average molecular weight is 388 g/mol. The Kier molecular flexibility index (Phi) is 6.46. The van der Waals surface area contributed by atoms with Gasteiger partial charge in [-0.25, -0.2) is 9.07 Å². The first-order valence-electron chi connectivity index (χ1n) is 9.88. The van der Waals surface area contributed by atoms with Crippen LogP contribution in [0, 0.1) is 19.7 Å². The molecular formula is C21H29FN4O2. The summed E-state index contributed by atoms with van der Waals surface area (Å²) < 4.78 is 15.1. The minimum absolute atomic E-state index is 0.115. The second-order valence-electron chi connectivity index (χ2n) is 7.50. The number of aliphatic carboxylic acids is 1. The van der Waals surface area contributed by atoms with Gasteiger partial charge in [0.15, 0.2) is 0 Å². The fourth-order valence-electron chi connectivity index (χ4n) is 4.08. The Labute approximate surface area is 165 Å². The van der Waals surface area contributed by atoms with Crippen molar-refractivity contribution < 1.29 is 14.3 Å². The van der Waals surface area contributed by atoms with Crippen molar-refractivity contribution in [1.82, 2.24) is 19.6 Å². The number of rotatable bonds is 7. The number of halogens is 1. The van der Waals surface area contributed by atoms with Gasteiger partial charge in [0.1, 0.15) is 5.82 Å². The molecule has 152 valence electrons. The summed E-state index contributed by atoms with van der Waals surface area (Å²) in [5.41, 5.74) is 4.14. The van der Waals surface area contributed by atoms with Crippen molar-refractivity contribution in [3.63, 3.8) is 0 Å². The summed E-state index contributed by atoms with van der Waals surface area (Å²) >= 11 is 0. The van der Waals surface area contributed by atoms with Gasteiger partial charge in [0.05, 0.1) is 17.9 Å². The van der Waals surface area contributed by atoms with E-state index >= 15 is 0 Å². The minimum atomic E-state index is -0.760. The fraction of sp³-hybridized carbons (Fsp3) is 0.524. The Morgan fingerprint density at radius 3 is 2.46 bits per heavy atom. The molecule has 1 aromatic heterocycles. The molecule has 0 saturated carbocycles. The summed E-state index contributed by atoms with van der Waals surface area (Å²) in [6.45, 7) is 9.69. The largest absolute Gasteiger partial charge is 0.480 e. The first-order chi connectivity index (χ1) is 13.4. The lowest BCUT2D eigenvalue weighted by atomic mass is 10.0. The number of carbonyl (C=O) groups is 1. The van der Waals surface area contributed by atoms with E-state index in [1.807, 2.05) is 18.5 Å². The monoisotopic (exact) mass is 388 g/mol. The van der Waals surface area contributed by atoms with E-state index in [1.165, 1.54) is 17.7 Å². The smallest absolute Gasteiger partial charge is 0.317 e. The number of likely N-dealkylation sites (tertiary alicyclic amines) is 1. The molecule has 0 bridgehead atoms. The number of piperidine rings is 1. The Balaban J connectivity index is 1.65. The lowest BCUT2D eigenvalue weighted by Crippen LogP contribution is -2.46. The highest BCUT2D eigenvalue weighted by Crippen LogP contribution is 2.23. The molecule has 0 amide bonds. The SMILES string of the molecule is CCN(CC(=O)O)C1CCN(Cc2c(C)nn(-c3ccc(F)cc3)c2C)CC1. The van der Waals surface area contributed by atoms with Gasteiger partial charge in [-0.1, -0.05) is 6.92 Å². The highest BCUT2D eigenvalue weighted by molar-refractivity contribution is 5.69. The first-order valence-corrected chi connectivity index (χ1v) is 9.88. The third-order valence-corrected chi connectivity index (χ3v) is 5.71. The van der Waals surface area contributed by atoms with Crippen molar-refractivity contribution in [2.75, 3.05) is 26.2 Å². The number of carboxylic acid groups (broad SMARTS) is 1. The van der Waals surface area contributed by atoms with Crippen molar-refractivity contribution in [2.24, 2.45) is 0 Å². The third-order valence-electron chi connectivity index (χ3n) is 5.71. The fourth-order valence-corrected chi connectivity index (χ4v) is 4.08. The number of aryl methyl sites for hydroxylation is 1. The van der Waals surface area contributed by atoms with Crippen LogP contribution < -0.4 is 0 Å². The summed E-state index contributed by atoms with van der Waals surface area (Å²) in [6.07, 6.45) is 1.95. The summed E-state index contributed by atoms with van der Waals surface area (Å²) in [5, 5.41) is 13.7. The van der Waals surface area contributed by atoms with Gasteiger partial charge in [0.25, 0.3) is 0 Å². The molecule has 1 saturated heterocycles. The second kappa shape index (κ2) is 8.84. The van der Waals surface area contributed by atoms with Gasteiger partial charge in [0.2, 0.25) is 0 Å². The quantitative estimate of drug-likeness (QED) is 0.790. The summed E-state index contributed by atoms with van der Waals surface area (Å²) in [7, 11) is 0. The predicted octanol–water partition coefficient (Wildman–Crippen LogP) is 3.00. The molecule has 1 aromatic carbocycles. The molecule has 1 aliphatic rings. The molecular weight excluding hydrogens is 359 g/mol. The van der Waals surface area contributed by atoms with Gasteiger partial charge in [-0.05, 0) is 70.6 Å². The van der Waals surface area contributed by atoms with Crippen molar-refractivity contribution in [1.29, 1.82) is 0 Å². The zero-order valence-electron chi connectivity index (χ0n) is 16.9. The molecule has 3 rings (SSSR count). The number of benzene rings is 1. The van der Waals surface area contributed by atoms with E-state index in [0.29, 0.717) is 6.04 Å². The van der Waals surface area contributed by atoms with Crippen LogP contribution in [0.5, 0.6) is 0 Å². The molecule has 0 radical (unpaired) electrons. The van der Waals surface area contributed by atoms with E-state index in [1.54, 1.807) is 12.1 Å². The van der Waals surface area contributed by atoms with Crippen molar-refractivity contribution in [2.45, 2.75) is 46.2 Å². The van der Waals surface area contributed by atoms with E-state index in [-0.39, 0.29) is 12.4 Å². The van der Waals surface area contributed by atoms with Crippen molar-refractivity contribution in [3.8, 4) is 5.69 Å². The molecule has 6 nitrogen and oxygen atoms in total. The third kappa shape index (κ3) is 4.59. The summed E-state index contributed by atoms with van der Waals surface area (Å²) in [4.78, 5) is 15.5. The second-order valence-corrected chi connectivity index (χ2v) is 7.50. The van der Waals surface area contributed by atoms with E-state index in [2.05, 4.69) is 21.8 Å². The van der Waals surface area contributed by atoms with Gasteiger partial charge in [-0.3, -0.25) is 14.6 Å². The number of likely N-dealkylation sites (N-methyl/N-ethyl adjacent to an activating group) is 1. The molecule has 28 heavy (non-hydrogen) atoms. The molecule has 2 heterocycles. The van der Waals surface area contributed by atoms with Crippen LogP contribution in [-0.2, 0) is 11.3 Å². The molecule has 2 aromatic rings. The zero-order chi connectivity index (χ0) is 20.3. The summed E-state index contributed by atoms with van der Waals surface area (Å²) in [5.74, 6) is -1.01. The van der Waals surface area contributed by atoms with Crippen LogP contribution in [0.25, 0.3) is 5.69 Å². The predicted molar refractivity (Wildman–Crippen MR) is 106 cm³/mol. The lowest BCUT2D eigenvalue weighted by molar-refractivity contribution is -0.139. The maximum Gasteiger partial charge on any atom is 0.317 e. The topological polar surface area (TPSA) is 61.6 Å². The molecule has 1 N–H and O–H groups in total. The van der Waals surface area contributed by atoms with E-state index in [9.17, 15) is 9.18 Å². The number of carboxylic acids is 1. The lowest BCUT2D eigenvalue weighted by Gasteiger charge is -2.37. The van der Waals surface area contributed by atoms with Gasteiger partial charge < -0.3 is 5.11 Å². The molecule has 0 atom stereocenters. The minimum Gasteiger partial charge on any atom is -0.480 e. The molecule has 1 fully saturated rings. The molecule has 0 aliphatic carbocycles. The van der Waals surface area contributed by atoms with Crippen LogP contribution in [0.4, 0.5) is 4.39 Å². The normalized spacial score (nSPS) is 16.0. The van der Waals surface area contributed by atoms with Gasteiger partial charge in [-0.15, -0.1) is 0 Å². The first kappa shape index (κ1) is 20.5. The van der Waals surface area contributed by atoms with E-state index in [0.717, 1.165) is 56.1 Å². The van der Waals surface area contributed by atoms with Crippen LogP contribution in [0.15, 0.2) is 24.3 Å². The van der Waals surface area contributed by atoms with Crippen LogP contribution in [0.2, 0.25) is 0 Å². The van der Waals surface area contributed by atoms with E-state index in [4.69, 9.17) is 5.11 Å².